The van der Waals surface area contributed by atoms with Crippen LogP contribution < -0.4 is 11.1 Å². The van der Waals surface area contributed by atoms with Gasteiger partial charge in [0.2, 0.25) is 5.95 Å². The van der Waals surface area contributed by atoms with Gasteiger partial charge in [-0.25, -0.2) is 4.98 Å². The minimum atomic E-state index is 0.170. The van der Waals surface area contributed by atoms with Gasteiger partial charge in [0.1, 0.15) is 5.82 Å². The van der Waals surface area contributed by atoms with Crippen LogP contribution >= 0.6 is 0 Å². The van der Waals surface area contributed by atoms with E-state index in [1.165, 1.54) is 0 Å². The molecule has 1 aliphatic rings. The van der Waals surface area contributed by atoms with Gasteiger partial charge in [-0.3, -0.25) is 0 Å². The molecule has 1 aromatic heterocycles. The van der Waals surface area contributed by atoms with Gasteiger partial charge in [-0.05, 0) is 19.2 Å². The fraction of sp³-hybridized carbons (Fsp3) is 0.429. The minimum absolute atomic E-state index is 0.170. The summed E-state index contributed by atoms with van der Waals surface area (Å²) in [5.41, 5.74) is 6.60. The number of nitrogen functional groups attached to an aromatic ring is 1. The second kappa shape index (κ2) is 5.60. The lowest BCUT2D eigenvalue weighted by molar-refractivity contribution is -0.0117. The van der Waals surface area contributed by atoms with Crippen LogP contribution in [0.5, 0.6) is 0 Å². The summed E-state index contributed by atoms with van der Waals surface area (Å²) < 4.78 is 5.73. The highest BCUT2D eigenvalue weighted by Crippen LogP contribution is 2.20. The fourth-order valence-electron chi connectivity index (χ4n) is 2.43. The van der Waals surface area contributed by atoms with Crippen LogP contribution in [0.1, 0.15) is 0 Å². The van der Waals surface area contributed by atoms with E-state index in [-0.39, 0.29) is 12.1 Å². The van der Waals surface area contributed by atoms with Crippen molar-refractivity contribution in [2.24, 2.45) is 0 Å². The van der Waals surface area contributed by atoms with Gasteiger partial charge in [0, 0.05) is 25.0 Å². The number of benzene rings is 1. The highest BCUT2D eigenvalue weighted by Gasteiger charge is 2.18. The lowest BCUT2D eigenvalue weighted by atomic mass is 10.2. The Labute approximate surface area is 117 Å². The van der Waals surface area contributed by atoms with Gasteiger partial charge in [-0.15, -0.1) is 0 Å². The summed E-state index contributed by atoms with van der Waals surface area (Å²) in [6.07, 6.45) is 0.170. The zero-order chi connectivity index (χ0) is 13.9. The third-order valence-corrected chi connectivity index (χ3v) is 3.46. The van der Waals surface area contributed by atoms with Crippen LogP contribution in [0, 0.1) is 0 Å². The monoisotopic (exact) mass is 273 g/mol. The number of likely N-dealkylation sites (N-methyl/N-ethyl adjacent to an activating group) is 1. The van der Waals surface area contributed by atoms with Crippen molar-refractivity contribution in [3.63, 3.8) is 0 Å². The summed E-state index contributed by atoms with van der Waals surface area (Å²) in [6, 6.07) is 7.84. The molecule has 0 bridgehead atoms. The van der Waals surface area contributed by atoms with E-state index in [1.807, 2.05) is 24.3 Å². The molecular weight excluding hydrogens is 254 g/mol. The molecule has 1 saturated heterocycles. The van der Waals surface area contributed by atoms with Crippen molar-refractivity contribution in [3.8, 4) is 0 Å². The molecule has 0 spiro atoms. The van der Waals surface area contributed by atoms with Crippen LogP contribution in [0.15, 0.2) is 24.3 Å². The van der Waals surface area contributed by atoms with E-state index in [0.717, 1.165) is 36.4 Å². The fourth-order valence-corrected chi connectivity index (χ4v) is 2.43. The van der Waals surface area contributed by atoms with E-state index < -0.39 is 0 Å². The van der Waals surface area contributed by atoms with Crippen LogP contribution in [-0.2, 0) is 4.74 Å². The zero-order valence-corrected chi connectivity index (χ0v) is 11.5. The topological polar surface area (TPSA) is 76.3 Å². The number of fused-ring (bicyclic) bond motifs is 1. The van der Waals surface area contributed by atoms with Gasteiger partial charge in [0.05, 0.1) is 18.2 Å². The van der Waals surface area contributed by atoms with Gasteiger partial charge >= 0.3 is 0 Å². The summed E-state index contributed by atoms with van der Waals surface area (Å²) >= 11 is 0. The average molecular weight is 273 g/mol. The Morgan fingerprint density at radius 3 is 3.10 bits per heavy atom. The van der Waals surface area contributed by atoms with E-state index in [9.17, 15) is 0 Å². The van der Waals surface area contributed by atoms with Crippen LogP contribution in [0.25, 0.3) is 10.9 Å². The number of ether oxygens (including phenoxy) is 1. The lowest BCUT2D eigenvalue weighted by Crippen LogP contribution is -2.43. The molecule has 1 atom stereocenters. The maximum atomic E-state index is 5.75. The van der Waals surface area contributed by atoms with Crippen molar-refractivity contribution in [1.29, 1.82) is 0 Å². The van der Waals surface area contributed by atoms with E-state index in [4.69, 9.17) is 10.5 Å². The van der Waals surface area contributed by atoms with E-state index >= 15 is 0 Å². The molecular formula is C14H19N5O. The number of aromatic nitrogens is 2. The molecule has 0 aliphatic carbocycles. The lowest BCUT2D eigenvalue weighted by Gasteiger charge is -2.30. The van der Waals surface area contributed by atoms with Crippen LogP contribution in [0.4, 0.5) is 11.8 Å². The van der Waals surface area contributed by atoms with Crippen molar-refractivity contribution in [1.82, 2.24) is 14.9 Å². The number of anilines is 2. The van der Waals surface area contributed by atoms with Crippen LogP contribution in [0.3, 0.4) is 0 Å². The quantitative estimate of drug-likeness (QED) is 0.867. The normalized spacial score (nSPS) is 20.1. The summed E-state index contributed by atoms with van der Waals surface area (Å²) in [4.78, 5) is 10.8. The number of nitrogens with zero attached hydrogens (tertiary/aromatic N) is 3. The largest absolute Gasteiger partial charge is 0.374 e. The summed E-state index contributed by atoms with van der Waals surface area (Å²) in [7, 11) is 2.10. The number of hydrogen-bond donors (Lipinski definition) is 2. The van der Waals surface area contributed by atoms with Crippen molar-refractivity contribution >= 4 is 22.7 Å². The number of nitrogens with two attached hydrogens (primary N) is 1. The minimum Gasteiger partial charge on any atom is -0.374 e. The molecule has 1 aromatic carbocycles. The third-order valence-electron chi connectivity index (χ3n) is 3.46. The Bertz CT molecular complexity index is 603. The van der Waals surface area contributed by atoms with Gasteiger partial charge in [0.25, 0.3) is 0 Å². The molecule has 3 N–H and O–H groups in total. The first kappa shape index (κ1) is 13.1. The third kappa shape index (κ3) is 2.81. The highest BCUT2D eigenvalue weighted by molar-refractivity contribution is 5.89. The predicted octanol–water partition coefficient (Wildman–Crippen LogP) is 0.955. The van der Waals surface area contributed by atoms with Gasteiger partial charge in [-0.1, -0.05) is 12.1 Å². The number of hydrogen-bond acceptors (Lipinski definition) is 6. The second-order valence-corrected chi connectivity index (χ2v) is 5.08. The first-order valence-electron chi connectivity index (χ1n) is 6.78. The average Bonchev–Trinajstić information content (AvgIpc) is 2.44. The molecule has 6 nitrogen and oxygen atoms in total. The first-order valence-corrected chi connectivity index (χ1v) is 6.78. The van der Waals surface area contributed by atoms with Crippen LogP contribution in [0.2, 0.25) is 0 Å². The Hall–Kier alpha value is -1.92. The Morgan fingerprint density at radius 1 is 1.40 bits per heavy atom. The smallest absolute Gasteiger partial charge is 0.222 e. The Balaban J connectivity index is 1.77. The maximum Gasteiger partial charge on any atom is 0.222 e. The van der Waals surface area contributed by atoms with Crippen molar-refractivity contribution in [2.75, 3.05) is 44.3 Å². The summed E-state index contributed by atoms with van der Waals surface area (Å²) in [5.74, 6) is 1.05. The van der Waals surface area contributed by atoms with E-state index in [2.05, 4.69) is 27.2 Å². The van der Waals surface area contributed by atoms with E-state index in [1.54, 1.807) is 0 Å². The zero-order valence-electron chi connectivity index (χ0n) is 11.5. The molecule has 1 aliphatic heterocycles. The van der Waals surface area contributed by atoms with Crippen molar-refractivity contribution in [3.05, 3.63) is 24.3 Å². The second-order valence-electron chi connectivity index (χ2n) is 5.08. The van der Waals surface area contributed by atoms with Gasteiger partial charge in [0.15, 0.2) is 0 Å². The molecule has 20 heavy (non-hydrogen) atoms. The summed E-state index contributed by atoms with van der Waals surface area (Å²) in [6.45, 7) is 3.39. The molecule has 3 rings (SSSR count). The Kier molecular flexibility index (Phi) is 3.66. The molecule has 1 unspecified atom stereocenters. The molecule has 1 fully saturated rings. The number of para-hydroxylation sites is 1. The molecule has 0 amide bonds. The molecule has 2 aromatic rings. The summed E-state index contributed by atoms with van der Waals surface area (Å²) in [5, 5.41) is 4.31. The predicted molar refractivity (Wildman–Crippen MR) is 79.7 cm³/mol. The molecule has 6 heteroatoms. The maximum absolute atomic E-state index is 5.75. The SMILES string of the molecule is CN1CCOC(CNc2nc(N)nc3ccccc23)C1. The molecule has 106 valence electrons. The molecule has 0 radical (unpaired) electrons. The number of rotatable bonds is 3. The number of nitrogens with one attached hydrogen (secondary N) is 1. The van der Waals surface area contributed by atoms with Crippen molar-refractivity contribution < 1.29 is 4.74 Å². The molecule has 0 saturated carbocycles. The van der Waals surface area contributed by atoms with Crippen LogP contribution in [-0.4, -0.2) is 54.3 Å². The standard InChI is InChI=1S/C14H19N5O/c1-19-6-7-20-10(9-19)8-16-13-11-4-2-3-5-12(11)17-14(15)18-13/h2-5,10H,6-9H2,1H3,(H3,15,16,17,18). The molecule has 2 heterocycles. The van der Waals surface area contributed by atoms with Gasteiger partial charge in [-0.2, -0.15) is 4.98 Å². The van der Waals surface area contributed by atoms with Gasteiger partial charge < -0.3 is 20.7 Å². The van der Waals surface area contributed by atoms with Crippen molar-refractivity contribution in [2.45, 2.75) is 6.10 Å². The highest BCUT2D eigenvalue weighted by atomic mass is 16.5. The Morgan fingerprint density at radius 2 is 2.25 bits per heavy atom. The first-order chi connectivity index (χ1) is 9.72. The van der Waals surface area contributed by atoms with E-state index in [0.29, 0.717) is 6.54 Å². The number of morpholine rings is 1.